The lowest BCUT2D eigenvalue weighted by Crippen LogP contribution is -2.53. The maximum absolute atomic E-state index is 3.73. The summed E-state index contributed by atoms with van der Waals surface area (Å²) in [7, 11) is 0. The van der Waals surface area contributed by atoms with Crippen LogP contribution in [-0.2, 0) is 0 Å². The lowest BCUT2D eigenvalue weighted by molar-refractivity contribution is 0.0785. The van der Waals surface area contributed by atoms with E-state index in [1.54, 1.807) is 0 Å². The van der Waals surface area contributed by atoms with Crippen LogP contribution in [0, 0.1) is 0 Å². The molecule has 3 heteroatoms. The van der Waals surface area contributed by atoms with Crippen LogP contribution >= 0.6 is 0 Å². The van der Waals surface area contributed by atoms with Gasteiger partial charge in [0.2, 0.25) is 0 Å². The third-order valence-corrected chi connectivity index (χ3v) is 4.64. The van der Waals surface area contributed by atoms with Gasteiger partial charge >= 0.3 is 0 Å². The van der Waals surface area contributed by atoms with Gasteiger partial charge in [0.05, 0.1) is 0 Å². The van der Waals surface area contributed by atoms with Crippen molar-refractivity contribution < 1.29 is 0 Å². The Balaban J connectivity index is 1.76. The molecular formula is C16H33N3. The van der Waals surface area contributed by atoms with Crippen LogP contribution in [0.2, 0.25) is 0 Å². The Labute approximate surface area is 119 Å². The van der Waals surface area contributed by atoms with E-state index in [0.717, 1.165) is 12.1 Å². The summed E-state index contributed by atoms with van der Waals surface area (Å²) in [4.78, 5) is 5.41. The molecular weight excluding hydrogens is 234 g/mol. The van der Waals surface area contributed by atoms with Crippen molar-refractivity contribution in [1.29, 1.82) is 0 Å². The molecule has 0 spiro atoms. The van der Waals surface area contributed by atoms with Crippen LogP contribution in [0.15, 0.2) is 0 Å². The van der Waals surface area contributed by atoms with Gasteiger partial charge in [0.25, 0.3) is 0 Å². The SMILES string of the molecule is CCCN1CCC(N2CCCC(NC(C)C)C2)CC1. The first-order valence-electron chi connectivity index (χ1n) is 8.41. The van der Waals surface area contributed by atoms with Crippen molar-refractivity contribution in [2.24, 2.45) is 0 Å². The third-order valence-electron chi connectivity index (χ3n) is 4.64. The first kappa shape index (κ1) is 15.3. The van der Waals surface area contributed by atoms with Gasteiger partial charge in [-0.25, -0.2) is 0 Å². The Morgan fingerprint density at radius 2 is 1.84 bits per heavy atom. The first-order valence-corrected chi connectivity index (χ1v) is 8.41. The molecule has 2 aliphatic rings. The second kappa shape index (κ2) is 7.61. The van der Waals surface area contributed by atoms with E-state index >= 15 is 0 Å². The molecule has 112 valence electrons. The summed E-state index contributed by atoms with van der Waals surface area (Å²) in [5.74, 6) is 0. The van der Waals surface area contributed by atoms with E-state index in [1.807, 2.05) is 0 Å². The Morgan fingerprint density at radius 3 is 2.47 bits per heavy atom. The van der Waals surface area contributed by atoms with Gasteiger partial charge in [-0.2, -0.15) is 0 Å². The second-order valence-corrected chi connectivity index (χ2v) is 6.73. The number of rotatable bonds is 5. The molecule has 2 aliphatic heterocycles. The Morgan fingerprint density at radius 1 is 1.11 bits per heavy atom. The summed E-state index contributed by atoms with van der Waals surface area (Å²) in [6.45, 7) is 13.4. The molecule has 0 aromatic rings. The van der Waals surface area contributed by atoms with Crippen LogP contribution in [0.25, 0.3) is 0 Å². The molecule has 0 bridgehead atoms. The normalized spacial score (nSPS) is 28.1. The molecule has 1 N–H and O–H groups in total. The maximum atomic E-state index is 3.73. The van der Waals surface area contributed by atoms with Crippen molar-refractivity contribution >= 4 is 0 Å². The number of nitrogens with zero attached hydrogens (tertiary/aromatic N) is 2. The molecule has 19 heavy (non-hydrogen) atoms. The van der Waals surface area contributed by atoms with Crippen molar-refractivity contribution in [2.75, 3.05) is 32.7 Å². The highest BCUT2D eigenvalue weighted by molar-refractivity contribution is 4.86. The van der Waals surface area contributed by atoms with E-state index in [0.29, 0.717) is 6.04 Å². The van der Waals surface area contributed by atoms with Crippen molar-refractivity contribution in [2.45, 2.75) is 71.0 Å². The highest BCUT2D eigenvalue weighted by Gasteiger charge is 2.28. The molecule has 2 rings (SSSR count). The molecule has 2 fully saturated rings. The molecule has 0 aliphatic carbocycles. The fourth-order valence-electron chi connectivity index (χ4n) is 3.77. The average molecular weight is 267 g/mol. The molecule has 2 saturated heterocycles. The molecule has 0 radical (unpaired) electrons. The number of hydrogen-bond acceptors (Lipinski definition) is 3. The summed E-state index contributed by atoms with van der Waals surface area (Å²) in [5.41, 5.74) is 0. The van der Waals surface area contributed by atoms with E-state index < -0.39 is 0 Å². The molecule has 1 atom stereocenters. The summed E-state index contributed by atoms with van der Waals surface area (Å²) < 4.78 is 0. The van der Waals surface area contributed by atoms with Gasteiger partial charge in [0, 0.05) is 24.7 Å². The summed E-state index contributed by atoms with van der Waals surface area (Å²) >= 11 is 0. The molecule has 0 saturated carbocycles. The zero-order valence-electron chi connectivity index (χ0n) is 13.2. The highest BCUT2D eigenvalue weighted by atomic mass is 15.2. The van der Waals surface area contributed by atoms with Gasteiger partial charge in [-0.05, 0) is 58.3 Å². The molecule has 0 aromatic heterocycles. The van der Waals surface area contributed by atoms with Crippen LogP contribution in [0.4, 0.5) is 0 Å². The van der Waals surface area contributed by atoms with Crippen LogP contribution in [0.3, 0.4) is 0 Å². The Hall–Kier alpha value is -0.120. The van der Waals surface area contributed by atoms with Gasteiger partial charge in [-0.1, -0.05) is 20.8 Å². The molecule has 1 unspecified atom stereocenters. The molecule has 0 amide bonds. The van der Waals surface area contributed by atoms with E-state index in [1.165, 1.54) is 64.8 Å². The number of piperidine rings is 2. The largest absolute Gasteiger partial charge is 0.311 e. The fraction of sp³-hybridized carbons (Fsp3) is 1.00. The fourth-order valence-corrected chi connectivity index (χ4v) is 3.77. The van der Waals surface area contributed by atoms with Crippen LogP contribution in [0.1, 0.15) is 52.9 Å². The second-order valence-electron chi connectivity index (χ2n) is 6.73. The van der Waals surface area contributed by atoms with Crippen molar-refractivity contribution in [3.63, 3.8) is 0 Å². The van der Waals surface area contributed by atoms with E-state index in [4.69, 9.17) is 0 Å². The van der Waals surface area contributed by atoms with Crippen molar-refractivity contribution in [3.05, 3.63) is 0 Å². The van der Waals surface area contributed by atoms with Crippen molar-refractivity contribution in [1.82, 2.24) is 15.1 Å². The lowest BCUT2D eigenvalue weighted by atomic mass is 9.97. The zero-order chi connectivity index (χ0) is 13.7. The molecule has 2 heterocycles. The topological polar surface area (TPSA) is 18.5 Å². The van der Waals surface area contributed by atoms with Gasteiger partial charge in [0.15, 0.2) is 0 Å². The van der Waals surface area contributed by atoms with Crippen LogP contribution in [0.5, 0.6) is 0 Å². The number of likely N-dealkylation sites (tertiary alicyclic amines) is 2. The smallest absolute Gasteiger partial charge is 0.0197 e. The quantitative estimate of drug-likeness (QED) is 0.825. The van der Waals surface area contributed by atoms with Gasteiger partial charge in [-0.3, -0.25) is 4.90 Å². The standard InChI is InChI=1S/C16H33N3/c1-4-9-18-11-7-16(8-12-18)19-10-5-6-15(13-19)17-14(2)3/h14-17H,4-13H2,1-3H3. The number of hydrogen-bond donors (Lipinski definition) is 1. The van der Waals surface area contributed by atoms with Crippen LogP contribution in [-0.4, -0.2) is 60.6 Å². The molecule has 0 aromatic carbocycles. The lowest BCUT2D eigenvalue weighted by Gasteiger charge is -2.42. The third kappa shape index (κ3) is 4.73. The average Bonchev–Trinajstić information content (AvgIpc) is 2.39. The Bertz CT molecular complexity index is 246. The van der Waals surface area contributed by atoms with Gasteiger partial charge < -0.3 is 10.2 Å². The number of nitrogens with one attached hydrogen (secondary N) is 1. The van der Waals surface area contributed by atoms with Crippen molar-refractivity contribution in [3.8, 4) is 0 Å². The molecule has 3 nitrogen and oxygen atoms in total. The minimum Gasteiger partial charge on any atom is -0.311 e. The van der Waals surface area contributed by atoms with Gasteiger partial charge in [-0.15, -0.1) is 0 Å². The minimum atomic E-state index is 0.622. The highest BCUT2D eigenvalue weighted by Crippen LogP contribution is 2.21. The van der Waals surface area contributed by atoms with E-state index in [9.17, 15) is 0 Å². The van der Waals surface area contributed by atoms with Crippen LogP contribution < -0.4 is 5.32 Å². The monoisotopic (exact) mass is 267 g/mol. The van der Waals surface area contributed by atoms with E-state index in [-0.39, 0.29) is 0 Å². The summed E-state index contributed by atoms with van der Waals surface area (Å²) in [6, 6.07) is 2.20. The minimum absolute atomic E-state index is 0.622. The summed E-state index contributed by atoms with van der Waals surface area (Å²) in [6.07, 6.45) is 6.81. The zero-order valence-corrected chi connectivity index (χ0v) is 13.2. The predicted octanol–water partition coefficient (Wildman–Crippen LogP) is 2.32. The summed E-state index contributed by atoms with van der Waals surface area (Å²) in [5, 5.41) is 3.73. The Kier molecular flexibility index (Phi) is 6.11. The van der Waals surface area contributed by atoms with E-state index in [2.05, 4.69) is 35.9 Å². The van der Waals surface area contributed by atoms with Gasteiger partial charge in [0.1, 0.15) is 0 Å². The predicted molar refractivity (Wildman–Crippen MR) is 82.6 cm³/mol. The first-order chi connectivity index (χ1) is 9.19. The maximum Gasteiger partial charge on any atom is 0.0197 e.